The normalized spacial score (nSPS) is 16.1. The predicted octanol–water partition coefficient (Wildman–Crippen LogP) is 3.62. The Bertz CT molecular complexity index is 1170. The van der Waals surface area contributed by atoms with Crippen molar-refractivity contribution >= 4 is 34.4 Å². The van der Waals surface area contributed by atoms with Gasteiger partial charge in [-0.25, -0.2) is 9.67 Å². The molecule has 1 aliphatic rings. The summed E-state index contributed by atoms with van der Waals surface area (Å²) in [5.41, 5.74) is 2.41. The number of pyridine rings is 1. The number of fused-ring (bicyclic) bond motifs is 1. The van der Waals surface area contributed by atoms with E-state index in [1.54, 1.807) is 29.5 Å². The molecule has 3 heterocycles. The summed E-state index contributed by atoms with van der Waals surface area (Å²) in [4.78, 5) is 31.9. The molecule has 7 nitrogen and oxygen atoms in total. The highest BCUT2D eigenvalue weighted by atomic mass is 35.5. The first kappa shape index (κ1) is 21.3. The van der Waals surface area contributed by atoms with Gasteiger partial charge >= 0.3 is 0 Å². The number of piperazine rings is 1. The van der Waals surface area contributed by atoms with Crippen LogP contribution in [0.15, 0.2) is 36.4 Å². The van der Waals surface area contributed by atoms with Crippen LogP contribution in [0.25, 0.3) is 16.7 Å². The van der Waals surface area contributed by atoms with Gasteiger partial charge in [-0.3, -0.25) is 9.59 Å². The summed E-state index contributed by atoms with van der Waals surface area (Å²) in [6, 6.07) is 11.1. The van der Waals surface area contributed by atoms with Gasteiger partial charge in [0.2, 0.25) is 5.91 Å². The molecule has 1 fully saturated rings. The fourth-order valence-corrected chi connectivity index (χ4v) is 4.12. The van der Waals surface area contributed by atoms with Gasteiger partial charge in [-0.05, 0) is 50.5 Å². The average molecular weight is 440 g/mol. The molecule has 1 N–H and O–H groups in total. The third-order valence-electron chi connectivity index (χ3n) is 5.59. The van der Waals surface area contributed by atoms with Crippen LogP contribution in [-0.2, 0) is 11.2 Å². The van der Waals surface area contributed by atoms with E-state index in [0.29, 0.717) is 35.2 Å². The van der Waals surface area contributed by atoms with Crippen LogP contribution in [0, 0.1) is 5.92 Å². The molecule has 0 saturated carbocycles. The second kappa shape index (κ2) is 7.96. The highest BCUT2D eigenvalue weighted by Gasteiger charge is 2.41. The smallest absolute Gasteiger partial charge is 0.273 e. The van der Waals surface area contributed by atoms with Crippen molar-refractivity contribution in [1.29, 1.82) is 0 Å². The highest BCUT2D eigenvalue weighted by molar-refractivity contribution is 6.32. The maximum atomic E-state index is 13.3. The summed E-state index contributed by atoms with van der Waals surface area (Å²) in [6.45, 7) is 8.60. The van der Waals surface area contributed by atoms with Gasteiger partial charge in [0.15, 0.2) is 0 Å². The van der Waals surface area contributed by atoms with E-state index in [2.05, 4.69) is 19.2 Å². The zero-order valence-corrected chi connectivity index (χ0v) is 18.9. The molecule has 1 aromatic carbocycles. The lowest BCUT2D eigenvalue weighted by Gasteiger charge is -2.40. The first-order valence-electron chi connectivity index (χ1n) is 10.4. The molecule has 0 bridgehead atoms. The van der Waals surface area contributed by atoms with Gasteiger partial charge < -0.3 is 10.2 Å². The molecule has 1 aliphatic heterocycles. The zero-order chi connectivity index (χ0) is 22.3. The van der Waals surface area contributed by atoms with Crippen molar-refractivity contribution < 1.29 is 9.59 Å². The van der Waals surface area contributed by atoms with Crippen LogP contribution in [0.4, 0.5) is 0 Å². The van der Waals surface area contributed by atoms with Crippen molar-refractivity contribution in [1.82, 2.24) is 25.0 Å². The molecule has 0 aliphatic carbocycles. The highest BCUT2D eigenvalue weighted by Crippen LogP contribution is 2.28. The van der Waals surface area contributed by atoms with Crippen molar-refractivity contribution in [2.75, 3.05) is 13.1 Å². The summed E-state index contributed by atoms with van der Waals surface area (Å²) in [6.07, 6.45) is 0.718. The van der Waals surface area contributed by atoms with Gasteiger partial charge in [-0.2, -0.15) is 5.10 Å². The van der Waals surface area contributed by atoms with Crippen molar-refractivity contribution in [3.8, 4) is 5.69 Å². The van der Waals surface area contributed by atoms with Gasteiger partial charge in [0.05, 0.1) is 21.9 Å². The fraction of sp³-hybridized carbons (Fsp3) is 0.391. The Labute approximate surface area is 186 Å². The number of nitrogens with zero attached hydrogens (tertiary/aromatic N) is 4. The minimum absolute atomic E-state index is 0.166. The fourth-order valence-electron chi connectivity index (χ4n) is 3.90. The lowest BCUT2D eigenvalue weighted by molar-refractivity contribution is -0.133. The van der Waals surface area contributed by atoms with Crippen LogP contribution in [0.2, 0.25) is 5.02 Å². The van der Waals surface area contributed by atoms with E-state index in [-0.39, 0.29) is 11.8 Å². The van der Waals surface area contributed by atoms with E-state index < -0.39 is 5.54 Å². The number of rotatable bonds is 4. The second-order valence-corrected chi connectivity index (χ2v) is 9.15. The molecular weight excluding hydrogens is 414 g/mol. The third kappa shape index (κ3) is 3.78. The molecule has 31 heavy (non-hydrogen) atoms. The topological polar surface area (TPSA) is 80.1 Å². The van der Waals surface area contributed by atoms with Crippen LogP contribution in [0.5, 0.6) is 0 Å². The SMILES string of the molecule is CC(C)Cc1nn(-c2ccccc2Cl)c2ccc(C(=O)N3CCNC(=O)C3(C)C)nc12. The molecule has 2 amide bonds. The monoisotopic (exact) mass is 439 g/mol. The maximum absolute atomic E-state index is 13.3. The molecule has 1 saturated heterocycles. The van der Waals surface area contributed by atoms with Gasteiger partial charge in [0, 0.05) is 13.1 Å². The van der Waals surface area contributed by atoms with Crippen molar-refractivity contribution in [3.63, 3.8) is 0 Å². The molecule has 2 aromatic heterocycles. The Hall–Kier alpha value is -2.93. The minimum Gasteiger partial charge on any atom is -0.352 e. The molecule has 3 aromatic rings. The van der Waals surface area contributed by atoms with Crippen LogP contribution in [0.3, 0.4) is 0 Å². The van der Waals surface area contributed by atoms with Crippen LogP contribution in [0.1, 0.15) is 43.9 Å². The number of nitrogens with one attached hydrogen (secondary N) is 1. The number of carbonyl (C=O) groups is 2. The summed E-state index contributed by atoms with van der Waals surface area (Å²) < 4.78 is 1.79. The minimum atomic E-state index is -0.936. The Morgan fingerprint density at radius 3 is 2.68 bits per heavy atom. The molecule has 162 valence electrons. The maximum Gasteiger partial charge on any atom is 0.273 e. The van der Waals surface area contributed by atoms with E-state index >= 15 is 0 Å². The third-order valence-corrected chi connectivity index (χ3v) is 5.91. The number of hydrogen-bond donors (Lipinski definition) is 1. The second-order valence-electron chi connectivity index (χ2n) is 8.74. The number of aromatic nitrogens is 3. The molecule has 4 rings (SSSR count). The molecular formula is C23H26ClN5O2. The predicted molar refractivity (Wildman–Crippen MR) is 121 cm³/mol. The van der Waals surface area contributed by atoms with Gasteiger partial charge in [-0.15, -0.1) is 0 Å². The number of para-hydroxylation sites is 1. The Morgan fingerprint density at radius 2 is 1.97 bits per heavy atom. The summed E-state index contributed by atoms with van der Waals surface area (Å²) >= 11 is 6.42. The Balaban J connectivity index is 1.82. The summed E-state index contributed by atoms with van der Waals surface area (Å²) in [5.74, 6) is -0.0633. The number of halogens is 1. The van der Waals surface area contributed by atoms with Crippen molar-refractivity contribution in [3.05, 3.63) is 52.8 Å². The number of hydrogen-bond acceptors (Lipinski definition) is 4. The zero-order valence-electron chi connectivity index (χ0n) is 18.1. The Kier molecular flexibility index (Phi) is 5.47. The molecule has 0 spiro atoms. The molecule has 0 radical (unpaired) electrons. The number of benzene rings is 1. The largest absolute Gasteiger partial charge is 0.352 e. The summed E-state index contributed by atoms with van der Waals surface area (Å²) in [5, 5.41) is 8.20. The Morgan fingerprint density at radius 1 is 1.23 bits per heavy atom. The van der Waals surface area contributed by atoms with Crippen molar-refractivity contribution in [2.45, 2.75) is 39.7 Å². The first-order chi connectivity index (χ1) is 14.7. The molecule has 8 heteroatoms. The average Bonchev–Trinajstić information content (AvgIpc) is 3.07. The quantitative estimate of drug-likeness (QED) is 0.673. The summed E-state index contributed by atoms with van der Waals surface area (Å²) in [7, 11) is 0. The molecule has 0 atom stereocenters. The molecule has 0 unspecified atom stereocenters. The number of amides is 2. The number of carbonyl (C=O) groups excluding carboxylic acids is 2. The lowest BCUT2D eigenvalue weighted by Crippen LogP contribution is -2.63. The van der Waals surface area contributed by atoms with E-state index in [9.17, 15) is 9.59 Å². The van der Waals surface area contributed by atoms with E-state index in [4.69, 9.17) is 21.7 Å². The van der Waals surface area contributed by atoms with E-state index in [1.165, 1.54) is 0 Å². The standard InChI is InChI=1S/C23H26ClN5O2/c1-14(2)13-17-20-19(29(27-17)18-8-6-5-7-15(18)24)10-9-16(26-20)21(30)28-12-11-25-22(31)23(28,3)4/h5-10,14H,11-13H2,1-4H3,(H,25,31). The van der Waals surface area contributed by atoms with Crippen molar-refractivity contribution in [2.24, 2.45) is 5.92 Å². The van der Waals surface area contributed by atoms with E-state index in [1.807, 2.05) is 30.3 Å². The van der Waals surface area contributed by atoms with Crippen LogP contribution in [-0.4, -0.2) is 50.1 Å². The van der Waals surface area contributed by atoms with Gasteiger partial charge in [-0.1, -0.05) is 37.6 Å². The first-order valence-corrected chi connectivity index (χ1v) is 10.8. The van der Waals surface area contributed by atoms with E-state index in [0.717, 1.165) is 23.3 Å². The van der Waals surface area contributed by atoms with Crippen LogP contribution >= 0.6 is 11.6 Å². The van der Waals surface area contributed by atoms with Gasteiger partial charge in [0.25, 0.3) is 5.91 Å². The lowest BCUT2D eigenvalue weighted by atomic mass is 9.98. The van der Waals surface area contributed by atoms with Gasteiger partial charge in [0.1, 0.15) is 16.7 Å². The van der Waals surface area contributed by atoms with Crippen LogP contribution < -0.4 is 5.32 Å².